The van der Waals surface area contributed by atoms with E-state index in [-0.39, 0.29) is 5.75 Å². The Labute approximate surface area is 155 Å². The van der Waals surface area contributed by atoms with Crippen LogP contribution in [-0.2, 0) is 11.2 Å². The highest BCUT2D eigenvalue weighted by Gasteiger charge is 2.09. The molecule has 0 aliphatic rings. The van der Waals surface area contributed by atoms with Gasteiger partial charge in [0, 0.05) is 17.1 Å². The molecule has 0 spiro atoms. The number of methoxy groups -OCH3 is 1. The highest BCUT2D eigenvalue weighted by atomic mass is 35.5. The minimum atomic E-state index is -0.795. The molecule has 0 saturated carbocycles. The molecular weight excluding hydrogens is 366 g/mol. The van der Waals surface area contributed by atoms with Gasteiger partial charge in [-0.1, -0.05) is 29.3 Å². The summed E-state index contributed by atoms with van der Waals surface area (Å²) < 4.78 is 18.8. The lowest BCUT2D eigenvalue weighted by Gasteiger charge is -2.14. The predicted octanol–water partition coefficient (Wildman–Crippen LogP) is 4.21. The summed E-state index contributed by atoms with van der Waals surface area (Å²) in [4.78, 5) is 10.9. The summed E-state index contributed by atoms with van der Waals surface area (Å²) >= 11 is 12.0. The Hall–Kier alpha value is -2.08. The first-order valence-electron chi connectivity index (χ1n) is 7.39. The fraction of sp³-hybridized carbons (Fsp3) is 0.167. The highest BCUT2D eigenvalue weighted by Crippen LogP contribution is 2.27. The van der Waals surface area contributed by atoms with E-state index in [0.717, 1.165) is 0 Å². The van der Waals surface area contributed by atoms with Gasteiger partial charge < -0.3 is 20.6 Å². The third-order valence-corrected chi connectivity index (χ3v) is 3.94. The van der Waals surface area contributed by atoms with Crippen LogP contribution >= 0.6 is 23.2 Å². The van der Waals surface area contributed by atoms with Gasteiger partial charge in [0.25, 0.3) is 0 Å². The van der Waals surface area contributed by atoms with Gasteiger partial charge in [0.15, 0.2) is 11.6 Å². The molecule has 0 aliphatic carbocycles. The first-order chi connectivity index (χ1) is 11.9. The maximum Gasteiger partial charge on any atom is 0.165 e. The van der Waals surface area contributed by atoms with Gasteiger partial charge in [0.2, 0.25) is 0 Å². The fourth-order valence-electron chi connectivity index (χ4n) is 2.22. The lowest BCUT2D eigenvalue weighted by atomic mass is 10.1. The van der Waals surface area contributed by atoms with Crippen molar-refractivity contribution >= 4 is 35.2 Å². The summed E-state index contributed by atoms with van der Waals surface area (Å²) in [6.07, 6.45) is 2.49. The zero-order chi connectivity index (χ0) is 18.4. The molecule has 2 aromatic carbocycles. The number of benzene rings is 2. The molecule has 0 fully saturated rings. The van der Waals surface area contributed by atoms with E-state index in [2.05, 4.69) is 5.32 Å². The van der Waals surface area contributed by atoms with Crippen molar-refractivity contribution in [3.05, 3.63) is 69.6 Å². The van der Waals surface area contributed by atoms with Crippen LogP contribution in [0.5, 0.6) is 5.75 Å². The van der Waals surface area contributed by atoms with Gasteiger partial charge in [-0.05, 0) is 42.0 Å². The van der Waals surface area contributed by atoms with E-state index in [1.807, 2.05) is 0 Å². The van der Waals surface area contributed by atoms with E-state index in [1.165, 1.54) is 19.2 Å². The van der Waals surface area contributed by atoms with Crippen LogP contribution in [0.25, 0.3) is 0 Å². The van der Waals surface area contributed by atoms with Crippen molar-refractivity contribution < 1.29 is 13.9 Å². The average Bonchev–Trinajstić information content (AvgIpc) is 2.57. The second-order valence-corrected chi connectivity index (χ2v) is 6.14. The minimum absolute atomic E-state index is 0.160. The Bertz CT molecular complexity index is 797. The van der Waals surface area contributed by atoms with Crippen LogP contribution in [0.4, 0.5) is 10.1 Å². The summed E-state index contributed by atoms with van der Waals surface area (Å²) in [6, 6.07) is 8.82. The normalized spacial score (nSPS) is 12.6. The average molecular weight is 383 g/mol. The maximum atomic E-state index is 13.9. The van der Waals surface area contributed by atoms with Crippen molar-refractivity contribution in [3.8, 4) is 5.75 Å². The smallest absolute Gasteiger partial charge is 0.165 e. The van der Waals surface area contributed by atoms with Crippen LogP contribution in [0.3, 0.4) is 0 Å². The van der Waals surface area contributed by atoms with Gasteiger partial charge in [-0.3, -0.25) is 0 Å². The van der Waals surface area contributed by atoms with Gasteiger partial charge in [-0.15, -0.1) is 0 Å². The van der Waals surface area contributed by atoms with Crippen molar-refractivity contribution in [2.75, 3.05) is 12.4 Å². The summed E-state index contributed by atoms with van der Waals surface area (Å²) in [5.74, 6) is -0.309. The molecule has 0 aromatic heterocycles. The maximum absolute atomic E-state index is 13.9. The summed E-state index contributed by atoms with van der Waals surface area (Å²) in [6.45, 7) is 0. The lowest BCUT2D eigenvalue weighted by molar-refractivity contribution is -0.108. The zero-order valence-electron chi connectivity index (χ0n) is 13.4. The van der Waals surface area contributed by atoms with E-state index in [0.29, 0.717) is 39.7 Å². The van der Waals surface area contributed by atoms with E-state index >= 15 is 0 Å². The van der Waals surface area contributed by atoms with E-state index < -0.39 is 11.9 Å². The molecule has 1 atom stereocenters. The van der Waals surface area contributed by atoms with Crippen LogP contribution in [0.2, 0.25) is 10.0 Å². The Morgan fingerprint density at radius 1 is 1.32 bits per heavy atom. The molecule has 0 aliphatic heterocycles. The first-order valence-corrected chi connectivity index (χ1v) is 8.14. The van der Waals surface area contributed by atoms with Gasteiger partial charge in [-0.25, -0.2) is 4.39 Å². The number of halogens is 3. The molecular formula is C18H17Cl2FN2O2. The number of anilines is 1. The third-order valence-electron chi connectivity index (χ3n) is 3.39. The Morgan fingerprint density at radius 3 is 2.68 bits per heavy atom. The number of carbonyl (C=O) groups excluding carboxylic acids is 1. The highest BCUT2D eigenvalue weighted by molar-refractivity contribution is 6.36. The lowest BCUT2D eigenvalue weighted by Crippen LogP contribution is -2.20. The molecule has 1 unspecified atom stereocenters. The Morgan fingerprint density at radius 2 is 2.08 bits per heavy atom. The zero-order valence-corrected chi connectivity index (χ0v) is 14.9. The second kappa shape index (κ2) is 8.85. The number of allylic oxidation sites excluding steroid dienone is 1. The van der Waals surface area contributed by atoms with Gasteiger partial charge in [0.1, 0.15) is 6.29 Å². The van der Waals surface area contributed by atoms with Crippen LogP contribution < -0.4 is 15.8 Å². The third kappa shape index (κ3) is 5.46. The van der Waals surface area contributed by atoms with Gasteiger partial charge >= 0.3 is 0 Å². The largest absolute Gasteiger partial charge is 0.494 e. The van der Waals surface area contributed by atoms with Crippen LogP contribution in [0.15, 0.2) is 48.2 Å². The van der Waals surface area contributed by atoms with Crippen LogP contribution in [0, 0.1) is 5.82 Å². The van der Waals surface area contributed by atoms with Crippen molar-refractivity contribution in [1.29, 1.82) is 0 Å². The topological polar surface area (TPSA) is 64.3 Å². The molecule has 3 N–H and O–H groups in total. The van der Waals surface area contributed by atoms with E-state index in [9.17, 15) is 9.18 Å². The number of aldehydes is 1. The number of hydrogen-bond donors (Lipinski definition) is 2. The first kappa shape index (κ1) is 19.2. The monoisotopic (exact) mass is 382 g/mol. The number of nitrogens with two attached hydrogens (primary N) is 1. The molecule has 0 heterocycles. The van der Waals surface area contributed by atoms with Gasteiger partial charge in [0.05, 0.1) is 23.9 Å². The van der Waals surface area contributed by atoms with Crippen LogP contribution in [-0.4, -0.2) is 19.4 Å². The number of ether oxygens (including phenoxy) is 1. The van der Waals surface area contributed by atoms with Crippen molar-refractivity contribution in [1.82, 2.24) is 0 Å². The van der Waals surface area contributed by atoms with Crippen molar-refractivity contribution in [2.45, 2.75) is 12.5 Å². The van der Waals surface area contributed by atoms with Crippen molar-refractivity contribution in [2.24, 2.45) is 5.73 Å². The van der Waals surface area contributed by atoms with E-state index in [4.69, 9.17) is 33.7 Å². The second-order valence-electron chi connectivity index (χ2n) is 5.30. The summed E-state index contributed by atoms with van der Waals surface area (Å²) in [5, 5.41) is 4.03. The molecule has 7 heteroatoms. The quantitative estimate of drug-likeness (QED) is 0.704. The van der Waals surface area contributed by atoms with Gasteiger partial charge in [-0.2, -0.15) is 0 Å². The summed E-state index contributed by atoms with van der Waals surface area (Å²) in [7, 11) is 1.40. The van der Waals surface area contributed by atoms with E-state index in [1.54, 1.807) is 30.3 Å². The molecule has 2 aromatic rings. The Balaban J connectivity index is 2.28. The number of nitrogens with one attached hydrogen (secondary N) is 1. The number of rotatable bonds is 7. The molecule has 0 radical (unpaired) electrons. The summed E-state index contributed by atoms with van der Waals surface area (Å²) in [5.41, 5.74) is 7.57. The molecule has 4 nitrogen and oxygen atoms in total. The predicted molar refractivity (Wildman–Crippen MR) is 98.9 cm³/mol. The molecule has 132 valence electrons. The fourth-order valence-corrected chi connectivity index (χ4v) is 2.68. The number of hydrogen-bond acceptors (Lipinski definition) is 4. The van der Waals surface area contributed by atoms with Crippen LogP contribution in [0.1, 0.15) is 5.56 Å². The standard InChI is InChI=1S/C18H17Cl2FN2O2/c1-25-18-5-2-11(7-16(18)21)6-14(9-13(22)10-24)23-17-4-3-12(19)8-15(17)20/h2-5,7-10,13,23H,6,22H2,1H3/b14-9-. The Kier molecular flexibility index (Phi) is 6.82. The molecule has 0 bridgehead atoms. The SMILES string of the molecule is COc1ccc(C/C(=C/C(N)C=O)Nc2ccc(Cl)cc2Cl)cc1F. The molecule has 0 saturated heterocycles. The molecule has 0 amide bonds. The molecule has 25 heavy (non-hydrogen) atoms. The number of carbonyl (C=O) groups is 1. The molecule has 2 rings (SSSR count). The minimum Gasteiger partial charge on any atom is -0.494 e. The van der Waals surface area contributed by atoms with Crippen molar-refractivity contribution in [3.63, 3.8) is 0 Å².